The van der Waals surface area contributed by atoms with Crippen LogP contribution >= 0.6 is 11.3 Å². The second-order valence-electron chi connectivity index (χ2n) is 9.05. The first-order valence-corrected chi connectivity index (χ1v) is 12.2. The summed E-state index contributed by atoms with van der Waals surface area (Å²) >= 11 is 1.56. The molecular formula is C23H30N4O3S. The van der Waals surface area contributed by atoms with Crippen molar-refractivity contribution in [3.8, 4) is 11.8 Å². The Hall–Kier alpha value is -2.48. The monoisotopic (exact) mass is 442 g/mol. The van der Waals surface area contributed by atoms with E-state index >= 15 is 0 Å². The molecule has 0 unspecified atom stereocenters. The SMILES string of the molecule is Cc1nn(C2CCCCC2)c2sc(C(=O)NC3CCC(n4c(O)ccc4O)CC3)cc12. The Labute approximate surface area is 185 Å². The van der Waals surface area contributed by atoms with Crippen molar-refractivity contribution in [2.45, 2.75) is 82.8 Å². The first kappa shape index (κ1) is 20.4. The van der Waals surface area contributed by atoms with Crippen molar-refractivity contribution in [3.63, 3.8) is 0 Å². The van der Waals surface area contributed by atoms with E-state index in [4.69, 9.17) is 5.10 Å². The molecule has 5 rings (SSSR count). The van der Waals surface area contributed by atoms with Crippen molar-refractivity contribution in [2.24, 2.45) is 0 Å². The summed E-state index contributed by atoms with van der Waals surface area (Å²) in [6.45, 7) is 2.03. The summed E-state index contributed by atoms with van der Waals surface area (Å²) in [7, 11) is 0. The number of rotatable bonds is 4. The van der Waals surface area contributed by atoms with Crippen LogP contribution in [-0.4, -0.2) is 36.5 Å². The lowest BCUT2D eigenvalue weighted by molar-refractivity contribution is 0.0925. The Morgan fingerprint density at radius 1 is 1.03 bits per heavy atom. The average molecular weight is 443 g/mol. The Morgan fingerprint density at radius 2 is 1.71 bits per heavy atom. The van der Waals surface area contributed by atoms with Crippen molar-refractivity contribution < 1.29 is 15.0 Å². The summed E-state index contributed by atoms with van der Waals surface area (Å²) in [5.74, 6) is 0.182. The molecule has 0 saturated heterocycles. The van der Waals surface area contributed by atoms with Gasteiger partial charge in [0.05, 0.1) is 16.6 Å². The fraction of sp³-hybridized carbons (Fsp3) is 0.565. The van der Waals surface area contributed by atoms with Crippen LogP contribution in [0.3, 0.4) is 0 Å². The van der Waals surface area contributed by atoms with Gasteiger partial charge in [0, 0.05) is 29.6 Å². The summed E-state index contributed by atoms with van der Waals surface area (Å²) in [6, 6.07) is 5.67. The summed E-state index contributed by atoms with van der Waals surface area (Å²) in [4.78, 5) is 14.9. The zero-order chi connectivity index (χ0) is 21.5. The van der Waals surface area contributed by atoms with E-state index in [9.17, 15) is 15.0 Å². The van der Waals surface area contributed by atoms with Crippen LogP contribution in [0.4, 0.5) is 0 Å². The lowest BCUT2D eigenvalue weighted by Crippen LogP contribution is -2.37. The van der Waals surface area contributed by atoms with Gasteiger partial charge < -0.3 is 15.5 Å². The number of carbonyl (C=O) groups excluding carboxylic acids is 1. The third-order valence-corrected chi connectivity index (χ3v) is 8.11. The van der Waals surface area contributed by atoms with Gasteiger partial charge in [0.2, 0.25) is 0 Å². The molecule has 8 heteroatoms. The molecule has 2 aliphatic rings. The highest BCUT2D eigenvalue weighted by Gasteiger charge is 2.28. The Morgan fingerprint density at radius 3 is 2.39 bits per heavy atom. The van der Waals surface area contributed by atoms with Gasteiger partial charge in [-0.1, -0.05) is 19.3 Å². The van der Waals surface area contributed by atoms with E-state index in [-0.39, 0.29) is 29.8 Å². The van der Waals surface area contributed by atoms with E-state index < -0.39 is 0 Å². The number of hydrogen-bond donors (Lipinski definition) is 3. The van der Waals surface area contributed by atoms with Gasteiger partial charge in [0.1, 0.15) is 4.83 Å². The number of nitrogens with zero attached hydrogens (tertiary/aromatic N) is 3. The third kappa shape index (κ3) is 3.82. The largest absolute Gasteiger partial charge is 0.494 e. The second kappa shape index (κ2) is 8.22. The molecule has 0 atom stereocenters. The Kier molecular flexibility index (Phi) is 5.42. The fourth-order valence-corrected chi connectivity index (χ4v) is 6.43. The minimum absolute atomic E-state index is 0.00842. The molecule has 0 radical (unpaired) electrons. The van der Waals surface area contributed by atoms with Crippen LogP contribution in [0.2, 0.25) is 0 Å². The van der Waals surface area contributed by atoms with Crippen LogP contribution in [0.25, 0.3) is 10.2 Å². The number of carbonyl (C=O) groups is 1. The lowest BCUT2D eigenvalue weighted by atomic mass is 9.91. The smallest absolute Gasteiger partial charge is 0.261 e. The predicted octanol–water partition coefficient (Wildman–Crippen LogP) is 5.04. The van der Waals surface area contributed by atoms with Gasteiger partial charge in [0.25, 0.3) is 5.91 Å². The van der Waals surface area contributed by atoms with E-state index in [0.29, 0.717) is 6.04 Å². The normalized spacial score (nSPS) is 22.7. The minimum Gasteiger partial charge on any atom is -0.494 e. The molecule has 0 aliphatic heterocycles. The highest BCUT2D eigenvalue weighted by Crippen LogP contribution is 2.37. The Balaban J connectivity index is 1.26. The van der Waals surface area contributed by atoms with E-state index in [1.54, 1.807) is 15.9 Å². The highest BCUT2D eigenvalue weighted by molar-refractivity contribution is 7.20. The number of fused-ring (bicyclic) bond motifs is 1. The topological polar surface area (TPSA) is 92.3 Å². The molecule has 3 heterocycles. The number of thiophene rings is 1. The summed E-state index contributed by atoms with van der Waals surface area (Å²) in [5, 5.41) is 29.0. The van der Waals surface area contributed by atoms with Gasteiger partial charge in [-0.2, -0.15) is 5.10 Å². The van der Waals surface area contributed by atoms with E-state index in [2.05, 4.69) is 10.00 Å². The molecule has 3 aromatic rings. The standard InChI is InChI=1S/C23H30N4O3S/c1-14-18-13-19(31-23(18)27(25-14)17-5-3-2-4-6-17)22(30)24-15-7-9-16(10-8-15)26-20(28)11-12-21(26)29/h11-13,15-17,28-29H,2-10H2,1H3,(H,24,30). The number of hydrogen-bond acceptors (Lipinski definition) is 5. The van der Waals surface area contributed by atoms with E-state index in [1.807, 2.05) is 13.0 Å². The zero-order valence-corrected chi connectivity index (χ0v) is 18.7. The molecule has 166 valence electrons. The molecule has 0 bridgehead atoms. The molecule has 2 aliphatic carbocycles. The first-order chi connectivity index (χ1) is 15.0. The van der Waals surface area contributed by atoms with Crippen molar-refractivity contribution >= 4 is 27.5 Å². The lowest BCUT2D eigenvalue weighted by Gasteiger charge is -2.30. The second-order valence-corrected chi connectivity index (χ2v) is 10.1. The van der Waals surface area contributed by atoms with Gasteiger partial charge in [-0.05, 0) is 51.5 Å². The first-order valence-electron chi connectivity index (χ1n) is 11.4. The Bertz CT molecular complexity index is 1060. The van der Waals surface area contributed by atoms with Crippen molar-refractivity contribution in [2.75, 3.05) is 0 Å². The van der Waals surface area contributed by atoms with Gasteiger partial charge in [-0.25, -0.2) is 0 Å². The molecule has 0 aromatic carbocycles. The van der Waals surface area contributed by atoms with Crippen LogP contribution in [0.15, 0.2) is 18.2 Å². The van der Waals surface area contributed by atoms with Gasteiger partial charge in [0.15, 0.2) is 11.8 Å². The van der Waals surface area contributed by atoms with Crippen molar-refractivity contribution in [3.05, 3.63) is 28.8 Å². The van der Waals surface area contributed by atoms with Crippen LogP contribution in [0, 0.1) is 6.92 Å². The molecule has 2 fully saturated rings. The van der Waals surface area contributed by atoms with Crippen molar-refractivity contribution in [1.82, 2.24) is 19.7 Å². The molecule has 2 saturated carbocycles. The summed E-state index contributed by atoms with van der Waals surface area (Å²) in [5.41, 5.74) is 1.00. The van der Waals surface area contributed by atoms with Gasteiger partial charge >= 0.3 is 0 Å². The number of aromatic nitrogens is 3. The molecular weight excluding hydrogens is 412 g/mol. The van der Waals surface area contributed by atoms with Gasteiger partial charge in [-0.15, -0.1) is 11.3 Å². The van der Waals surface area contributed by atoms with Gasteiger partial charge in [-0.3, -0.25) is 14.0 Å². The summed E-state index contributed by atoms with van der Waals surface area (Å²) < 4.78 is 3.76. The van der Waals surface area contributed by atoms with Crippen LogP contribution in [0.1, 0.15) is 85.2 Å². The quantitative estimate of drug-likeness (QED) is 0.528. The highest BCUT2D eigenvalue weighted by atomic mass is 32.1. The molecule has 31 heavy (non-hydrogen) atoms. The van der Waals surface area contributed by atoms with Crippen molar-refractivity contribution in [1.29, 1.82) is 0 Å². The third-order valence-electron chi connectivity index (χ3n) is 6.98. The van der Waals surface area contributed by atoms with E-state index in [0.717, 1.165) is 46.5 Å². The fourth-order valence-electron chi connectivity index (χ4n) is 5.29. The average Bonchev–Trinajstić information content (AvgIpc) is 3.45. The number of amides is 1. The van der Waals surface area contributed by atoms with Crippen LogP contribution in [-0.2, 0) is 0 Å². The summed E-state index contributed by atoms with van der Waals surface area (Å²) in [6.07, 6.45) is 9.43. The number of nitrogens with one attached hydrogen (secondary N) is 1. The molecule has 0 spiro atoms. The maximum atomic E-state index is 13.0. The number of aryl methyl sites for hydroxylation is 1. The van der Waals surface area contributed by atoms with E-state index in [1.165, 1.54) is 44.2 Å². The molecule has 3 N–H and O–H groups in total. The number of aromatic hydroxyl groups is 2. The molecule has 3 aromatic heterocycles. The molecule has 1 amide bonds. The zero-order valence-electron chi connectivity index (χ0n) is 17.9. The maximum Gasteiger partial charge on any atom is 0.261 e. The maximum absolute atomic E-state index is 13.0. The predicted molar refractivity (Wildman–Crippen MR) is 121 cm³/mol. The molecule has 7 nitrogen and oxygen atoms in total. The van der Waals surface area contributed by atoms with Crippen LogP contribution in [0.5, 0.6) is 11.8 Å². The minimum atomic E-state index is -0.00842. The van der Waals surface area contributed by atoms with Crippen LogP contribution < -0.4 is 5.32 Å².